The monoisotopic (exact) mass is 296 g/mol. The molecule has 0 aromatic heterocycles. The molecule has 0 aliphatic carbocycles. The zero-order valence-electron chi connectivity index (χ0n) is 12.7. The van der Waals surface area contributed by atoms with Crippen molar-refractivity contribution in [2.75, 3.05) is 6.61 Å². The molecule has 2 aromatic carbocycles. The van der Waals surface area contributed by atoms with Gasteiger partial charge in [-0.25, -0.2) is 0 Å². The van der Waals surface area contributed by atoms with E-state index in [-0.39, 0.29) is 11.8 Å². The van der Waals surface area contributed by atoms with Crippen molar-refractivity contribution in [1.29, 1.82) is 0 Å². The Morgan fingerprint density at radius 1 is 0.909 bits per heavy atom. The summed E-state index contributed by atoms with van der Waals surface area (Å²) in [6.45, 7) is 2.12. The Morgan fingerprint density at radius 3 is 2.23 bits per heavy atom. The molecule has 0 spiro atoms. The molecule has 0 unspecified atom stereocenters. The summed E-state index contributed by atoms with van der Waals surface area (Å²) in [6, 6.07) is 17.1. The standard InChI is InChI=1S/C19H20O3/c1-2-19(21)22-13-12-15-8-6-7-11-17(15)14-18(20)16-9-4-3-5-10-16/h3-11H,2,12-14H2,1H3. The van der Waals surface area contributed by atoms with Crippen molar-refractivity contribution in [3.05, 3.63) is 71.3 Å². The maximum Gasteiger partial charge on any atom is 0.305 e. The third-order valence-electron chi connectivity index (χ3n) is 3.49. The normalized spacial score (nSPS) is 10.2. The van der Waals surface area contributed by atoms with Gasteiger partial charge < -0.3 is 4.74 Å². The summed E-state index contributed by atoms with van der Waals surface area (Å²) >= 11 is 0. The number of esters is 1. The van der Waals surface area contributed by atoms with Gasteiger partial charge in [0, 0.05) is 24.8 Å². The highest BCUT2D eigenvalue weighted by atomic mass is 16.5. The fraction of sp³-hybridized carbons (Fsp3) is 0.263. The number of hydrogen-bond donors (Lipinski definition) is 0. The lowest BCUT2D eigenvalue weighted by Crippen LogP contribution is -2.09. The van der Waals surface area contributed by atoms with E-state index in [2.05, 4.69) is 0 Å². The van der Waals surface area contributed by atoms with Gasteiger partial charge >= 0.3 is 5.97 Å². The van der Waals surface area contributed by atoms with Gasteiger partial charge in [-0.15, -0.1) is 0 Å². The Balaban J connectivity index is 2.02. The number of hydrogen-bond acceptors (Lipinski definition) is 3. The second-order valence-electron chi connectivity index (χ2n) is 5.06. The molecular weight excluding hydrogens is 276 g/mol. The number of ether oxygens (including phenoxy) is 1. The van der Waals surface area contributed by atoms with E-state index >= 15 is 0 Å². The highest BCUT2D eigenvalue weighted by molar-refractivity contribution is 5.97. The molecule has 0 aliphatic heterocycles. The first-order chi connectivity index (χ1) is 10.7. The maximum atomic E-state index is 12.3. The summed E-state index contributed by atoms with van der Waals surface area (Å²) in [6.07, 6.45) is 1.38. The predicted molar refractivity (Wildman–Crippen MR) is 85.9 cm³/mol. The van der Waals surface area contributed by atoms with E-state index < -0.39 is 0 Å². The Kier molecular flexibility index (Phi) is 5.90. The SMILES string of the molecule is CCC(=O)OCCc1ccccc1CC(=O)c1ccccc1. The van der Waals surface area contributed by atoms with E-state index in [0.717, 1.165) is 16.7 Å². The number of carbonyl (C=O) groups is 2. The van der Waals surface area contributed by atoms with Crippen LogP contribution >= 0.6 is 0 Å². The average Bonchev–Trinajstić information content (AvgIpc) is 2.57. The molecule has 0 bridgehead atoms. The highest BCUT2D eigenvalue weighted by Crippen LogP contribution is 2.14. The van der Waals surface area contributed by atoms with E-state index in [0.29, 0.717) is 25.9 Å². The second-order valence-corrected chi connectivity index (χ2v) is 5.06. The van der Waals surface area contributed by atoms with Gasteiger partial charge in [0.25, 0.3) is 0 Å². The third kappa shape index (κ3) is 4.55. The molecule has 0 heterocycles. The molecular formula is C19H20O3. The number of Topliss-reactive ketones (excluding diaryl/α,β-unsaturated/α-hetero) is 1. The first-order valence-corrected chi connectivity index (χ1v) is 7.51. The first-order valence-electron chi connectivity index (χ1n) is 7.51. The number of ketones is 1. The Morgan fingerprint density at radius 2 is 1.55 bits per heavy atom. The minimum absolute atomic E-state index is 0.0959. The Hall–Kier alpha value is -2.42. The van der Waals surface area contributed by atoms with E-state index in [4.69, 9.17) is 4.74 Å². The molecule has 0 N–H and O–H groups in total. The zero-order valence-corrected chi connectivity index (χ0v) is 12.7. The molecule has 0 aliphatic rings. The van der Waals surface area contributed by atoms with Crippen molar-refractivity contribution in [3.8, 4) is 0 Å². The van der Waals surface area contributed by atoms with Gasteiger partial charge in [0.1, 0.15) is 0 Å². The third-order valence-corrected chi connectivity index (χ3v) is 3.49. The summed E-state index contributed by atoms with van der Waals surface area (Å²) < 4.78 is 5.12. The molecule has 114 valence electrons. The lowest BCUT2D eigenvalue weighted by atomic mass is 9.97. The summed E-state index contributed by atoms with van der Waals surface area (Å²) in [5, 5.41) is 0. The van der Waals surface area contributed by atoms with Gasteiger partial charge in [-0.1, -0.05) is 61.5 Å². The summed E-state index contributed by atoms with van der Waals surface area (Å²) in [7, 11) is 0. The van der Waals surface area contributed by atoms with Crippen molar-refractivity contribution in [2.24, 2.45) is 0 Å². The number of carbonyl (C=O) groups excluding carboxylic acids is 2. The molecule has 0 fully saturated rings. The van der Waals surface area contributed by atoms with Crippen molar-refractivity contribution in [2.45, 2.75) is 26.2 Å². The molecule has 0 atom stereocenters. The lowest BCUT2D eigenvalue weighted by Gasteiger charge is -2.09. The molecule has 0 saturated carbocycles. The highest BCUT2D eigenvalue weighted by Gasteiger charge is 2.10. The molecule has 22 heavy (non-hydrogen) atoms. The Bertz CT molecular complexity index is 632. The second kappa shape index (κ2) is 8.13. The van der Waals surface area contributed by atoms with Crippen molar-refractivity contribution in [3.63, 3.8) is 0 Å². The van der Waals surface area contributed by atoms with Gasteiger partial charge in [0.05, 0.1) is 6.61 Å². The molecule has 0 amide bonds. The van der Waals surface area contributed by atoms with Crippen LogP contribution in [-0.4, -0.2) is 18.4 Å². The molecule has 2 aromatic rings. The van der Waals surface area contributed by atoms with E-state index in [1.165, 1.54) is 0 Å². The molecule has 3 nitrogen and oxygen atoms in total. The molecule has 0 saturated heterocycles. The number of benzene rings is 2. The Labute approximate surface area is 130 Å². The van der Waals surface area contributed by atoms with E-state index in [1.807, 2.05) is 54.6 Å². The van der Waals surface area contributed by atoms with Gasteiger partial charge in [0.2, 0.25) is 0 Å². The summed E-state index contributed by atoms with van der Waals surface area (Å²) in [4.78, 5) is 23.5. The van der Waals surface area contributed by atoms with Crippen molar-refractivity contribution in [1.82, 2.24) is 0 Å². The minimum atomic E-state index is -0.196. The van der Waals surface area contributed by atoms with Crippen molar-refractivity contribution < 1.29 is 14.3 Å². The van der Waals surface area contributed by atoms with Crippen LogP contribution < -0.4 is 0 Å². The van der Waals surface area contributed by atoms with E-state index in [9.17, 15) is 9.59 Å². The summed E-state index contributed by atoms with van der Waals surface area (Å²) in [5.41, 5.74) is 2.76. The molecule has 2 rings (SSSR count). The maximum absolute atomic E-state index is 12.3. The van der Waals surface area contributed by atoms with Crippen LogP contribution in [0.25, 0.3) is 0 Å². The van der Waals surface area contributed by atoms with E-state index in [1.54, 1.807) is 6.92 Å². The minimum Gasteiger partial charge on any atom is -0.465 e. The van der Waals surface area contributed by atoms with Gasteiger partial charge in [-0.3, -0.25) is 9.59 Å². The quantitative estimate of drug-likeness (QED) is 0.579. The number of rotatable bonds is 7. The summed E-state index contributed by atoms with van der Waals surface area (Å²) in [5.74, 6) is -0.101. The zero-order chi connectivity index (χ0) is 15.8. The largest absolute Gasteiger partial charge is 0.465 e. The van der Waals surface area contributed by atoms with Crippen LogP contribution in [0.5, 0.6) is 0 Å². The predicted octanol–water partition coefficient (Wildman–Crippen LogP) is 3.61. The van der Waals surface area contributed by atoms with Crippen LogP contribution in [0.15, 0.2) is 54.6 Å². The van der Waals surface area contributed by atoms with Gasteiger partial charge in [-0.05, 0) is 11.1 Å². The van der Waals surface area contributed by atoms with Crippen LogP contribution in [-0.2, 0) is 22.4 Å². The van der Waals surface area contributed by atoms with Crippen molar-refractivity contribution >= 4 is 11.8 Å². The fourth-order valence-electron chi connectivity index (χ4n) is 2.25. The van der Waals surface area contributed by atoms with Crippen LogP contribution in [0.3, 0.4) is 0 Å². The fourth-order valence-corrected chi connectivity index (χ4v) is 2.25. The van der Waals surface area contributed by atoms with Crippen LogP contribution in [0.4, 0.5) is 0 Å². The van der Waals surface area contributed by atoms with Gasteiger partial charge in [0.15, 0.2) is 5.78 Å². The van der Waals surface area contributed by atoms with Crippen LogP contribution in [0.2, 0.25) is 0 Å². The topological polar surface area (TPSA) is 43.4 Å². The lowest BCUT2D eigenvalue weighted by molar-refractivity contribution is -0.143. The first kappa shape index (κ1) is 16.0. The average molecular weight is 296 g/mol. The molecule has 0 radical (unpaired) electrons. The van der Waals surface area contributed by atoms with Crippen LogP contribution in [0, 0.1) is 0 Å². The van der Waals surface area contributed by atoms with Crippen LogP contribution in [0.1, 0.15) is 34.8 Å². The molecule has 3 heteroatoms. The van der Waals surface area contributed by atoms with Gasteiger partial charge in [-0.2, -0.15) is 0 Å². The smallest absolute Gasteiger partial charge is 0.305 e.